The quantitative estimate of drug-likeness (QED) is 0.353. The molecular formula is C25H20FN2+. The summed E-state index contributed by atoms with van der Waals surface area (Å²) in [6.45, 7) is 2.15. The highest BCUT2D eigenvalue weighted by molar-refractivity contribution is 6.11. The summed E-state index contributed by atoms with van der Waals surface area (Å²) in [7, 11) is 2.07. The lowest BCUT2D eigenvalue weighted by Gasteiger charge is -2.05. The van der Waals surface area contributed by atoms with E-state index < -0.39 is 0 Å². The van der Waals surface area contributed by atoms with Gasteiger partial charge in [-0.15, -0.1) is 0 Å². The Balaban J connectivity index is 1.87. The van der Waals surface area contributed by atoms with E-state index in [-0.39, 0.29) is 5.82 Å². The van der Waals surface area contributed by atoms with Crippen LogP contribution >= 0.6 is 0 Å². The molecule has 0 fully saturated rings. The predicted molar refractivity (Wildman–Crippen MR) is 112 cm³/mol. The van der Waals surface area contributed by atoms with Crippen molar-refractivity contribution in [3.05, 3.63) is 96.4 Å². The molecule has 0 aliphatic carbocycles. The molecule has 0 aliphatic heterocycles. The van der Waals surface area contributed by atoms with Crippen LogP contribution in [0.5, 0.6) is 0 Å². The van der Waals surface area contributed by atoms with Crippen molar-refractivity contribution in [2.24, 2.45) is 7.05 Å². The van der Waals surface area contributed by atoms with Gasteiger partial charge in [0.15, 0.2) is 0 Å². The fraction of sp³-hybridized carbons (Fsp3) is 0.0800. The van der Waals surface area contributed by atoms with Crippen molar-refractivity contribution < 1.29 is 8.96 Å². The Morgan fingerprint density at radius 1 is 0.786 bits per heavy atom. The van der Waals surface area contributed by atoms with Crippen molar-refractivity contribution in [2.75, 3.05) is 0 Å². The molecule has 0 spiro atoms. The zero-order valence-electron chi connectivity index (χ0n) is 15.9. The van der Waals surface area contributed by atoms with E-state index in [0.29, 0.717) is 0 Å². The van der Waals surface area contributed by atoms with Gasteiger partial charge >= 0.3 is 0 Å². The highest BCUT2D eigenvalue weighted by atomic mass is 19.1. The average molecular weight is 367 g/mol. The molecule has 136 valence electrons. The predicted octanol–water partition coefficient (Wildman–Crippen LogP) is 5.72. The van der Waals surface area contributed by atoms with Gasteiger partial charge in [-0.1, -0.05) is 36.4 Å². The maximum absolute atomic E-state index is 13.3. The van der Waals surface area contributed by atoms with Crippen LogP contribution in [0.4, 0.5) is 4.39 Å². The summed E-state index contributed by atoms with van der Waals surface area (Å²) in [5.74, 6) is 0.903. The molecular weight excluding hydrogens is 347 g/mol. The smallest absolute Gasteiger partial charge is 0.237 e. The molecule has 0 bridgehead atoms. The van der Waals surface area contributed by atoms with E-state index in [1.54, 1.807) is 0 Å². The van der Waals surface area contributed by atoms with Crippen molar-refractivity contribution in [3.63, 3.8) is 0 Å². The molecule has 2 nitrogen and oxygen atoms in total. The Morgan fingerprint density at radius 3 is 2.36 bits per heavy atom. The number of pyridine rings is 1. The Morgan fingerprint density at radius 2 is 1.57 bits per heavy atom. The van der Waals surface area contributed by atoms with Crippen LogP contribution in [0.1, 0.15) is 5.56 Å². The molecule has 0 radical (unpaired) electrons. The van der Waals surface area contributed by atoms with Gasteiger partial charge in [0, 0.05) is 16.8 Å². The third-order valence-corrected chi connectivity index (χ3v) is 5.42. The Hall–Kier alpha value is -3.46. The first-order valence-corrected chi connectivity index (χ1v) is 9.38. The van der Waals surface area contributed by atoms with Gasteiger partial charge in [0.05, 0.1) is 13.2 Å². The minimum absolute atomic E-state index is 0.214. The van der Waals surface area contributed by atoms with Crippen LogP contribution < -0.4 is 4.57 Å². The molecule has 2 aromatic heterocycles. The van der Waals surface area contributed by atoms with Gasteiger partial charge in [-0.05, 0) is 60.0 Å². The Bertz CT molecular complexity index is 1330. The van der Waals surface area contributed by atoms with Crippen molar-refractivity contribution in [3.8, 4) is 16.9 Å². The van der Waals surface area contributed by atoms with Crippen LogP contribution in [0.2, 0.25) is 0 Å². The van der Waals surface area contributed by atoms with Crippen LogP contribution in [0, 0.1) is 12.7 Å². The van der Waals surface area contributed by atoms with Crippen LogP contribution in [0.3, 0.4) is 0 Å². The Labute approximate surface area is 163 Å². The van der Waals surface area contributed by atoms with Gasteiger partial charge in [0.1, 0.15) is 16.9 Å². The molecule has 0 aliphatic rings. The van der Waals surface area contributed by atoms with E-state index in [2.05, 4.69) is 77.8 Å². The Kier molecular flexibility index (Phi) is 3.76. The van der Waals surface area contributed by atoms with Gasteiger partial charge in [-0.2, -0.15) is 4.57 Å². The fourth-order valence-corrected chi connectivity index (χ4v) is 4.05. The van der Waals surface area contributed by atoms with E-state index >= 15 is 0 Å². The molecule has 0 saturated heterocycles. The summed E-state index contributed by atoms with van der Waals surface area (Å²) in [6.07, 6.45) is 2.07. The van der Waals surface area contributed by atoms with E-state index in [4.69, 9.17) is 0 Å². The molecule has 3 heteroatoms. The first kappa shape index (κ1) is 16.7. The monoisotopic (exact) mass is 367 g/mol. The fourth-order valence-electron chi connectivity index (χ4n) is 4.05. The first-order chi connectivity index (χ1) is 13.6. The highest BCUT2D eigenvalue weighted by Crippen LogP contribution is 2.35. The van der Waals surface area contributed by atoms with Crippen LogP contribution in [0.25, 0.3) is 38.8 Å². The SMILES string of the molecule is Cc1cccc2c3cc(-c4ccc(F)cc4)ccc3n(-c3cccc[n+]3C)c12. The zero-order valence-corrected chi connectivity index (χ0v) is 15.9. The largest absolute Gasteiger partial charge is 0.286 e. The lowest BCUT2D eigenvalue weighted by atomic mass is 10.0. The normalized spacial score (nSPS) is 11.4. The van der Waals surface area contributed by atoms with E-state index in [1.807, 2.05) is 18.2 Å². The molecule has 5 aromatic rings. The number of hydrogen-bond acceptors (Lipinski definition) is 0. The van der Waals surface area contributed by atoms with Crippen molar-refractivity contribution in [1.82, 2.24) is 4.57 Å². The van der Waals surface area contributed by atoms with Crippen LogP contribution in [-0.4, -0.2) is 4.57 Å². The zero-order chi connectivity index (χ0) is 19.3. The van der Waals surface area contributed by atoms with Crippen molar-refractivity contribution in [2.45, 2.75) is 6.92 Å². The third-order valence-electron chi connectivity index (χ3n) is 5.42. The number of fused-ring (bicyclic) bond motifs is 3. The van der Waals surface area contributed by atoms with E-state index in [9.17, 15) is 4.39 Å². The van der Waals surface area contributed by atoms with E-state index in [1.165, 1.54) is 34.0 Å². The number of aromatic nitrogens is 2. The standard InChI is InChI=1S/C25H20FN2/c1-17-6-5-7-21-22-16-19(18-9-12-20(26)13-10-18)11-14-23(22)28(25(17)21)24-8-3-4-15-27(24)2/h3-16H,1-2H3/q+1. The number of halogens is 1. The number of benzene rings is 3. The lowest BCUT2D eigenvalue weighted by Crippen LogP contribution is -2.33. The first-order valence-electron chi connectivity index (χ1n) is 9.38. The molecule has 3 aromatic carbocycles. The minimum atomic E-state index is -0.214. The van der Waals surface area contributed by atoms with Crippen molar-refractivity contribution >= 4 is 21.8 Å². The second-order valence-electron chi connectivity index (χ2n) is 7.22. The maximum atomic E-state index is 13.3. The number of nitrogens with zero attached hydrogens (tertiary/aromatic N) is 2. The summed E-state index contributed by atoms with van der Waals surface area (Å²) in [6, 6.07) is 25.9. The van der Waals surface area contributed by atoms with Crippen molar-refractivity contribution in [1.29, 1.82) is 0 Å². The molecule has 2 heterocycles. The molecule has 0 amide bonds. The number of para-hydroxylation sites is 1. The summed E-state index contributed by atoms with van der Waals surface area (Å²) in [5.41, 5.74) is 5.72. The molecule has 28 heavy (non-hydrogen) atoms. The summed E-state index contributed by atoms with van der Waals surface area (Å²) >= 11 is 0. The number of aryl methyl sites for hydroxylation is 2. The molecule has 0 unspecified atom stereocenters. The third kappa shape index (κ3) is 2.51. The molecule has 0 N–H and O–H groups in total. The lowest BCUT2D eigenvalue weighted by molar-refractivity contribution is -0.665. The van der Waals surface area contributed by atoms with Crippen LogP contribution in [-0.2, 0) is 7.05 Å². The highest BCUT2D eigenvalue weighted by Gasteiger charge is 2.22. The molecule has 0 atom stereocenters. The van der Waals surface area contributed by atoms with Gasteiger partial charge in [-0.25, -0.2) is 8.96 Å². The second-order valence-corrected chi connectivity index (χ2v) is 7.22. The van der Waals surface area contributed by atoms with E-state index in [0.717, 1.165) is 22.5 Å². The second kappa shape index (κ2) is 6.31. The summed E-state index contributed by atoms with van der Waals surface area (Å²) in [5, 5.41) is 2.42. The van der Waals surface area contributed by atoms with Gasteiger partial charge in [0.2, 0.25) is 0 Å². The maximum Gasteiger partial charge on any atom is 0.286 e. The minimum Gasteiger partial charge on any atom is -0.237 e. The van der Waals surface area contributed by atoms with Gasteiger partial charge in [-0.3, -0.25) is 0 Å². The number of hydrogen-bond donors (Lipinski definition) is 0. The molecule has 5 rings (SSSR count). The summed E-state index contributed by atoms with van der Waals surface area (Å²) in [4.78, 5) is 0. The summed E-state index contributed by atoms with van der Waals surface area (Å²) < 4.78 is 17.8. The number of rotatable bonds is 2. The van der Waals surface area contributed by atoms with Gasteiger partial charge in [0.25, 0.3) is 5.82 Å². The van der Waals surface area contributed by atoms with Gasteiger partial charge < -0.3 is 0 Å². The topological polar surface area (TPSA) is 8.81 Å². The average Bonchev–Trinajstić information content (AvgIpc) is 3.04. The molecule has 0 saturated carbocycles. The van der Waals surface area contributed by atoms with Crippen LogP contribution in [0.15, 0.2) is 85.1 Å².